The van der Waals surface area contributed by atoms with Crippen molar-refractivity contribution in [2.75, 3.05) is 6.54 Å². The van der Waals surface area contributed by atoms with Crippen LogP contribution in [0.25, 0.3) is 0 Å². The molecule has 0 saturated heterocycles. The maximum absolute atomic E-state index is 12.2. The first-order valence-corrected chi connectivity index (χ1v) is 7.45. The molecule has 0 fully saturated rings. The Morgan fingerprint density at radius 3 is 2.26 bits per heavy atom. The van der Waals surface area contributed by atoms with E-state index in [2.05, 4.69) is 5.32 Å². The van der Waals surface area contributed by atoms with Gasteiger partial charge in [-0.1, -0.05) is 54.1 Å². The fourth-order valence-electron chi connectivity index (χ4n) is 2.06. The summed E-state index contributed by atoms with van der Waals surface area (Å²) in [6.07, 6.45) is 0. The Morgan fingerprint density at radius 2 is 1.65 bits per heavy atom. The summed E-state index contributed by atoms with van der Waals surface area (Å²) in [6.45, 7) is 0.182. The zero-order valence-electron chi connectivity index (χ0n) is 12.4. The van der Waals surface area contributed by atoms with Gasteiger partial charge < -0.3 is 15.3 Å². The van der Waals surface area contributed by atoms with E-state index in [1.165, 1.54) is 4.90 Å². The van der Waals surface area contributed by atoms with Gasteiger partial charge in [0, 0.05) is 18.1 Å². The maximum Gasteiger partial charge on any atom is 0.323 e. The normalized spacial score (nSPS) is 10.1. The monoisotopic (exact) mass is 332 g/mol. The number of aliphatic carboxylic acids is 1. The Balaban J connectivity index is 1.98. The second-order valence-corrected chi connectivity index (χ2v) is 5.46. The lowest BCUT2D eigenvalue weighted by atomic mass is 10.2. The Labute approximate surface area is 139 Å². The van der Waals surface area contributed by atoms with Crippen LogP contribution in [0.1, 0.15) is 11.1 Å². The van der Waals surface area contributed by atoms with E-state index in [1.54, 1.807) is 24.3 Å². The van der Waals surface area contributed by atoms with Gasteiger partial charge in [-0.25, -0.2) is 4.79 Å². The minimum Gasteiger partial charge on any atom is -0.480 e. The highest BCUT2D eigenvalue weighted by molar-refractivity contribution is 6.30. The number of benzene rings is 2. The second-order valence-electron chi connectivity index (χ2n) is 5.02. The molecule has 0 aliphatic rings. The highest BCUT2D eigenvalue weighted by Crippen LogP contribution is 2.10. The molecule has 0 spiro atoms. The van der Waals surface area contributed by atoms with Gasteiger partial charge in [0.05, 0.1) is 0 Å². The van der Waals surface area contributed by atoms with E-state index < -0.39 is 12.0 Å². The first kappa shape index (κ1) is 16.8. The molecule has 0 radical (unpaired) electrons. The molecule has 23 heavy (non-hydrogen) atoms. The van der Waals surface area contributed by atoms with Crippen LogP contribution in [0, 0.1) is 0 Å². The molecular formula is C17H17ClN2O3. The number of carboxylic acids is 1. The van der Waals surface area contributed by atoms with Gasteiger partial charge in [-0.15, -0.1) is 0 Å². The Morgan fingerprint density at radius 1 is 1.00 bits per heavy atom. The predicted octanol–water partition coefficient (Wildman–Crippen LogP) is 3.14. The molecule has 0 atom stereocenters. The number of carboxylic acid groups (broad SMARTS) is 1. The molecule has 0 saturated carbocycles. The van der Waals surface area contributed by atoms with Gasteiger partial charge in [0.25, 0.3) is 0 Å². The van der Waals surface area contributed by atoms with Crippen LogP contribution < -0.4 is 5.32 Å². The average Bonchev–Trinajstić information content (AvgIpc) is 2.54. The van der Waals surface area contributed by atoms with Crippen LogP contribution in [0.4, 0.5) is 4.79 Å². The fraction of sp³-hybridized carbons (Fsp3) is 0.176. The van der Waals surface area contributed by atoms with Crippen LogP contribution in [0.3, 0.4) is 0 Å². The molecule has 2 N–H and O–H groups in total. The van der Waals surface area contributed by atoms with Gasteiger partial charge in [0.1, 0.15) is 6.54 Å². The largest absolute Gasteiger partial charge is 0.480 e. The highest BCUT2D eigenvalue weighted by atomic mass is 35.5. The van der Waals surface area contributed by atoms with Gasteiger partial charge in [-0.05, 0) is 23.3 Å². The van der Waals surface area contributed by atoms with Crippen LogP contribution in [0.5, 0.6) is 0 Å². The molecule has 2 aromatic rings. The fourth-order valence-corrected chi connectivity index (χ4v) is 2.18. The summed E-state index contributed by atoms with van der Waals surface area (Å²) < 4.78 is 0. The van der Waals surface area contributed by atoms with E-state index in [-0.39, 0.29) is 13.1 Å². The van der Waals surface area contributed by atoms with Crippen molar-refractivity contribution >= 4 is 23.6 Å². The van der Waals surface area contributed by atoms with Crippen molar-refractivity contribution in [1.82, 2.24) is 10.2 Å². The van der Waals surface area contributed by atoms with Crippen LogP contribution >= 0.6 is 11.6 Å². The quantitative estimate of drug-likeness (QED) is 0.853. The van der Waals surface area contributed by atoms with E-state index in [9.17, 15) is 9.59 Å². The molecule has 0 bridgehead atoms. The summed E-state index contributed by atoms with van der Waals surface area (Å²) in [7, 11) is 0. The number of carbonyl (C=O) groups excluding carboxylic acids is 1. The van der Waals surface area contributed by atoms with Crippen molar-refractivity contribution in [3.63, 3.8) is 0 Å². The minimum atomic E-state index is -1.05. The summed E-state index contributed by atoms with van der Waals surface area (Å²) in [5, 5.41) is 12.3. The average molecular weight is 333 g/mol. The van der Waals surface area contributed by atoms with Crippen molar-refractivity contribution in [2.24, 2.45) is 0 Å². The lowest BCUT2D eigenvalue weighted by Gasteiger charge is -2.21. The van der Waals surface area contributed by atoms with Gasteiger partial charge >= 0.3 is 12.0 Å². The van der Waals surface area contributed by atoms with Crippen molar-refractivity contribution in [3.05, 3.63) is 70.7 Å². The first-order chi connectivity index (χ1) is 11.0. The van der Waals surface area contributed by atoms with Gasteiger partial charge in [0.15, 0.2) is 0 Å². The third-order valence-corrected chi connectivity index (χ3v) is 3.44. The van der Waals surface area contributed by atoms with Crippen LogP contribution in [0.2, 0.25) is 5.02 Å². The zero-order chi connectivity index (χ0) is 16.7. The number of rotatable bonds is 6. The third kappa shape index (κ3) is 5.64. The molecular weight excluding hydrogens is 316 g/mol. The lowest BCUT2D eigenvalue weighted by Crippen LogP contribution is -2.42. The summed E-state index contributed by atoms with van der Waals surface area (Å²) in [5.74, 6) is -1.05. The number of carbonyl (C=O) groups is 2. The van der Waals surface area contributed by atoms with Gasteiger partial charge in [-0.3, -0.25) is 4.79 Å². The standard InChI is InChI=1S/C17H17ClN2O3/c18-15-8-6-13(7-9-15)10-19-17(23)20(12-16(21)22)11-14-4-2-1-3-5-14/h1-9H,10-12H2,(H,19,23)(H,21,22). The summed E-state index contributed by atoms with van der Waals surface area (Å²) >= 11 is 5.81. The summed E-state index contributed by atoms with van der Waals surface area (Å²) in [4.78, 5) is 24.5. The smallest absolute Gasteiger partial charge is 0.323 e. The molecule has 2 aromatic carbocycles. The van der Waals surface area contributed by atoms with Crippen molar-refractivity contribution in [3.8, 4) is 0 Å². The Bertz CT molecular complexity index is 659. The number of amides is 2. The maximum atomic E-state index is 12.2. The molecule has 0 heterocycles. The van der Waals surface area contributed by atoms with E-state index >= 15 is 0 Å². The minimum absolute atomic E-state index is 0.236. The van der Waals surface area contributed by atoms with Gasteiger partial charge in [0.2, 0.25) is 0 Å². The molecule has 2 rings (SSSR count). The molecule has 0 aromatic heterocycles. The number of hydrogen-bond donors (Lipinski definition) is 2. The van der Waals surface area contributed by atoms with Crippen LogP contribution in [0.15, 0.2) is 54.6 Å². The SMILES string of the molecule is O=C(O)CN(Cc1ccccc1)C(=O)NCc1ccc(Cl)cc1. The molecule has 0 unspecified atom stereocenters. The molecule has 6 heteroatoms. The Kier molecular flexibility index (Phi) is 6.00. The second kappa shape index (κ2) is 8.19. The molecule has 5 nitrogen and oxygen atoms in total. The van der Waals surface area contributed by atoms with E-state index in [0.29, 0.717) is 11.6 Å². The third-order valence-electron chi connectivity index (χ3n) is 3.19. The van der Waals surface area contributed by atoms with Crippen LogP contribution in [-0.4, -0.2) is 28.6 Å². The number of nitrogens with zero attached hydrogens (tertiary/aromatic N) is 1. The van der Waals surface area contributed by atoms with E-state index in [0.717, 1.165) is 11.1 Å². The van der Waals surface area contributed by atoms with Gasteiger partial charge in [-0.2, -0.15) is 0 Å². The van der Waals surface area contributed by atoms with Crippen molar-refractivity contribution in [1.29, 1.82) is 0 Å². The molecule has 2 amide bonds. The molecule has 0 aliphatic heterocycles. The highest BCUT2D eigenvalue weighted by Gasteiger charge is 2.16. The van der Waals surface area contributed by atoms with E-state index in [1.807, 2.05) is 30.3 Å². The van der Waals surface area contributed by atoms with E-state index in [4.69, 9.17) is 16.7 Å². The predicted molar refractivity (Wildman–Crippen MR) is 88.2 cm³/mol. The first-order valence-electron chi connectivity index (χ1n) is 7.07. The number of hydrogen-bond acceptors (Lipinski definition) is 2. The van der Waals surface area contributed by atoms with Crippen LogP contribution in [-0.2, 0) is 17.9 Å². The number of nitrogens with one attached hydrogen (secondary N) is 1. The lowest BCUT2D eigenvalue weighted by molar-refractivity contribution is -0.137. The van der Waals surface area contributed by atoms with Crippen molar-refractivity contribution < 1.29 is 14.7 Å². The topological polar surface area (TPSA) is 69.6 Å². The number of urea groups is 1. The number of halogens is 1. The molecule has 0 aliphatic carbocycles. The zero-order valence-corrected chi connectivity index (χ0v) is 13.2. The summed E-state index contributed by atoms with van der Waals surface area (Å²) in [6, 6.07) is 15.9. The Hall–Kier alpha value is -2.53. The summed E-state index contributed by atoms with van der Waals surface area (Å²) in [5.41, 5.74) is 1.76. The molecule has 120 valence electrons. The van der Waals surface area contributed by atoms with Crippen molar-refractivity contribution in [2.45, 2.75) is 13.1 Å².